The number of fused-ring (bicyclic) bond motifs is 2. The van der Waals surface area contributed by atoms with E-state index in [1.54, 1.807) is 0 Å². The number of hydrogen-bond acceptors (Lipinski definition) is 5. The fourth-order valence-corrected chi connectivity index (χ4v) is 3.44. The molecule has 0 fully saturated rings. The quantitative estimate of drug-likeness (QED) is 0.790. The first kappa shape index (κ1) is 12.7. The van der Waals surface area contributed by atoms with Crippen LogP contribution in [-0.2, 0) is 6.42 Å². The normalized spacial score (nSPS) is 17.0. The first-order valence-corrected chi connectivity index (χ1v) is 7.52. The molecule has 1 atom stereocenters. The lowest BCUT2D eigenvalue weighted by Gasteiger charge is -2.11. The van der Waals surface area contributed by atoms with Crippen molar-refractivity contribution in [3.63, 3.8) is 0 Å². The maximum absolute atomic E-state index is 13.9. The van der Waals surface area contributed by atoms with Gasteiger partial charge in [-0.05, 0) is 23.6 Å². The molecule has 106 valence electrons. The van der Waals surface area contributed by atoms with Crippen molar-refractivity contribution in [1.29, 1.82) is 0 Å². The third-order valence-electron chi connectivity index (χ3n) is 3.64. The van der Waals surface area contributed by atoms with Crippen LogP contribution in [0.1, 0.15) is 5.56 Å². The van der Waals surface area contributed by atoms with Crippen molar-refractivity contribution in [3.05, 3.63) is 41.3 Å². The van der Waals surface area contributed by atoms with Crippen LogP contribution in [0.5, 0.6) is 5.75 Å². The van der Waals surface area contributed by atoms with Gasteiger partial charge in [-0.25, -0.2) is 14.4 Å². The second-order valence-corrected chi connectivity index (χ2v) is 5.88. The summed E-state index contributed by atoms with van der Waals surface area (Å²) in [6.07, 6.45) is 2.04. The van der Waals surface area contributed by atoms with Crippen molar-refractivity contribution < 1.29 is 9.13 Å². The standard InChI is InChI=1S/C15H12FN3OS/c16-9-3-8-4-10(6-17)20-14(8)12(5-9)13-11-1-2-21-15(11)19-7-18-13/h1-3,5,7,10H,4,6,17H2. The van der Waals surface area contributed by atoms with E-state index in [1.807, 2.05) is 11.4 Å². The highest BCUT2D eigenvalue weighted by molar-refractivity contribution is 7.16. The molecule has 0 saturated heterocycles. The molecule has 1 aliphatic rings. The van der Waals surface area contributed by atoms with Crippen LogP contribution in [0.2, 0.25) is 0 Å². The Morgan fingerprint density at radius 1 is 1.38 bits per heavy atom. The Bertz CT molecular complexity index is 833. The van der Waals surface area contributed by atoms with Crippen LogP contribution in [0.15, 0.2) is 29.9 Å². The minimum atomic E-state index is -0.285. The summed E-state index contributed by atoms with van der Waals surface area (Å²) in [5, 5.41) is 2.86. The van der Waals surface area contributed by atoms with Gasteiger partial charge >= 0.3 is 0 Å². The van der Waals surface area contributed by atoms with Crippen LogP contribution < -0.4 is 10.5 Å². The molecule has 2 aromatic heterocycles. The third-order valence-corrected chi connectivity index (χ3v) is 4.46. The predicted molar refractivity (Wildman–Crippen MR) is 80.0 cm³/mol. The van der Waals surface area contributed by atoms with Crippen molar-refractivity contribution in [3.8, 4) is 17.0 Å². The van der Waals surface area contributed by atoms with Crippen LogP contribution in [0, 0.1) is 5.82 Å². The zero-order valence-corrected chi connectivity index (χ0v) is 11.9. The molecular weight excluding hydrogens is 289 g/mol. The van der Waals surface area contributed by atoms with E-state index in [0.29, 0.717) is 30.0 Å². The Hall–Kier alpha value is -2.05. The third kappa shape index (κ3) is 1.99. The number of rotatable bonds is 2. The van der Waals surface area contributed by atoms with E-state index < -0.39 is 0 Å². The lowest BCUT2D eigenvalue weighted by Crippen LogP contribution is -2.24. The van der Waals surface area contributed by atoms with Crippen LogP contribution in [0.3, 0.4) is 0 Å². The molecule has 0 radical (unpaired) electrons. The molecule has 4 nitrogen and oxygen atoms in total. The van der Waals surface area contributed by atoms with E-state index in [4.69, 9.17) is 10.5 Å². The van der Waals surface area contributed by atoms with Crippen LogP contribution in [0.25, 0.3) is 21.5 Å². The van der Waals surface area contributed by atoms with Crippen molar-refractivity contribution in [2.75, 3.05) is 6.54 Å². The molecule has 0 saturated carbocycles. The van der Waals surface area contributed by atoms with Gasteiger partial charge in [0, 0.05) is 29.5 Å². The molecular formula is C15H12FN3OS. The molecule has 6 heteroatoms. The molecule has 1 unspecified atom stereocenters. The second kappa shape index (κ2) is 4.75. The van der Waals surface area contributed by atoms with Gasteiger partial charge in [-0.15, -0.1) is 11.3 Å². The van der Waals surface area contributed by atoms with Crippen molar-refractivity contribution in [2.24, 2.45) is 5.73 Å². The summed E-state index contributed by atoms with van der Waals surface area (Å²) in [5.41, 5.74) is 7.90. The molecule has 0 amide bonds. The predicted octanol–water partition coefficient (Wildman–Crippen LogP) is 2.76. The number of benzene rings is 1. The number of nitrogens with two attached hydrogens (primary N) is 1. The number of nitrogens with zero attached hydrogens (tertiary/aromatic N) is 2. The van der Waals surface area contributed by atoms with Crippen LogP contribution in [0.4, 0.5) is 4.39 Å². The summed E-state index contributed by atoms with van der Waals surface area (Å²) >= 11 is 1.53. The summed E-state index contributed by atoms with van der Waals surface area (Å²) in [6.45, 7) is 0.410. The summed E-state index contributed by atoms with van der Waals surface area (Å²) < 4.78 is 19.8. The minimum Gasteiger partial charge on any atom is -0.488 e. The molecule has 0 bridgehead atoms. The fourth-order valence-electron chi connectivity index (χ4n) is 2.71. The summed E-state index contributed by atoms with van der Waals surface area (Å²) in [6, 6.07) is 4.93. The number of ether oxygens (including phenoxy) is 1. The van der Waals surface area contributed by atoms with Gasteiger partial charge in [0.2, 0.25) is 0 Å². The van der Waals surface area contributed by atoms with Gasteiger partial charge < -0.3 is 10.5 Å². The van der Waals surface area contributed by atoms with Crippen molar-refractivity contribution in [1.82, 2.24) is 9.97 Å². The van der Waals surface area contributed by atoms with Gasteiger partial charge in [-0.3, -0.25) is 0 Å². The molecule has 0 aliphatic carbocycles. The molecule has 21 heavy (non-hydrogen) atoms. The monoisotopic (exact) mass is 301 g/mol. The Balaban J connectivity index is 1.96. The number of hydrogen-bond donors (Lipinski definition) is 1. The molecule has 1 aliphatic heterocycles. The first-order chi connectivity index (χ1) is 10.3. The van der Waals surface area contributed by atoms with Gasteiger partial charge in [0.1, 0.15) is 28.8 Å². The maximum atomic E-state index is 13.9. The van der Waals surface area contributed by atoms with Crippen LogP contribution >= 0.6 is 11.3 Å². The Morgan fingerprint density at radius 3 is 3.14 bits per heavy atom. The Morgan fingerprint density at radius 2 is 2.29 bits per heavy atom. The molecule has 3 aromatic rings. The first-order valence-electron chi connectivity index (χ1n) is 6.64. The maximum Gasteiger partial charge on any atom is 0.132 e. The largest absolute Gasteiger partial charge is 0.488 e. The molecule has 3 heterocycles. The fraction of sp³-hybridized carbons (Fsp3) is 0.200. The van der Waals surface area contributed by atoms with E-state index in [1.165, 1.54) is 29.8 Å². The second-order valence-electron chi connectivity index (χ2n) is 4.98. The highest BCUT2D eigenvalue weighted by Crippen LogP contribution is 2.41. The topological polar surface area (TPSA) is 61.0 Å². The van der Waals surface area contributed by atoms with Gasteiger partial charge in [-0.2, -0.15) is 0 Å². The molecule has 4 rings (SSSR count). The lowest BCUT2D eigenvalue weighted by atomic mass is 10.0. The van der Waals surface area contributed by atoms with E-state index in [9.17, 15) is 4.39 Å². The average Bonchev–Trinajstić information content (AvgIpc) is 3.11. The summed E-state index contributed by atoms with van der Waals surface area (Å²) in [7, 11) is 0. The van der Waals surface area contributed by atoms with Crippen LogP contribution in [-0.4, -0.2) is 22.6 Å². The van der Waals surface area contributed by atoms with Gasteiger partial charge in [0.25, 0.3) is 0 Å². The van der Waals surface area contributed by atoms with Gasteiger partial charge in [0.05, 0.1) is 5.69 Å². The van der Waals surface area contributed by atoms with E-state index in [-0.39, 0.29) is 11.9 Å². The van der Waals surface area contributed by atoms with E-state index in [0.717, 1.165) is 15.8 Å². The number of aromatic nitrogens is 2. The highest BCUT2D eigenvalue weighted by atomic mass is 32.1. The average molecular weight is 301 g/mol. The molecule has 0 spiro atoms. The zero-order chi connectivity index (χ0) is 14.4. The summed E-state index contributed by atoms with van der Waals surface area (Å²) in [4.78, 5) is 9.44. The van der Waals surface area contributed by atoms with Gasteiger partial charge in [0.15, 0.2) is 0 Å². The Kier molecular flexibility index (Phi) is 2.87. The number of thiophene rings is 1. The lowest BCUT2D eigenvalue weighted by molar-refractivity contribution is 0.242. The SMILES string of the molecule is NCC1Cc2cc(F)cc(-c3ncnc4sccc34)c2O1. The smallest absolute Gasteiger partial charge is 0.132 e. The van der Waals surface area contributed by atoms with E-state index >= 15 is 0 Å². The van der Waals surface area contributed by atoms with E-state index in [2.05, 4.69) is 9.97 Å². The van der Waals surface area contributed by atoms with Gasteiger partial charge in [-0.1, -0.05) is 0 Å². The molecule has 2 N–H and O–H groups in total. The molecule has 1 aromatic carbocycles. The van der Waals surface area contributed by atoms with Crippen molar-refractivity contribution >= 4 is 21.6 Å². The highest BCUT2D eigenvalue weighted by Gasteiger charge is 2.27. The summed E-state index contributed by atoms with van der Waals surface area (Å²) in [5.74, 6) is 0.407. The number of halogens is 1. The Labute approximate surface area is 124 Å². The van der Waals surface area contributed by atoms with Crippen molar-refractivity contribution in [2.45, 2.75) is 12.5 Å². The minimum absolute atomic E-state index is 0.0969. The zero-order valence-electron chi connectivity index (χ0n) is 11.0.